The maximum Gasteiger partial charge on any atom is 0.224 e. The highest BCUT2D eigenvalue weighted by molar-refractivity contribution is 5.96. The molecule has 0 radical (unpaired) electrons. The van der Waals surface area contributed by atoms with Crippen molar-refractivity contribution < 1.29 is 4.79 Å². The quantitative estimate of drug-likeness (QED) is 0.388. The van der Waals surface area contributed by atoms with Crippen LogP contribution in [-0.2, 0) is 11.2 Å². The largest absolute Gasteiger partial charge is 0.361 e. The molecule has 5 rings (SSSR count). The van der Waals surface area contributed by atoms with E-state index < -0.39 is 0 Å². The van der Waals surface area contributed by atoms with Gasteiger partial charge < -0.3 is 15.3 Å². The van der Waals surface area contributed by atoms with Gasteiger partial charge in [-0.2, -0.15) is 0 Å². The minimum Gasteiger partial charge on any atom is -0.361 e. The van der Waals surface area contributed by atoms with Crippen molar-refractivity contribution in [3.8, 4) is 11.4 Å². The summed E-state index contributed by atoms with van der Waals surface area (Å²) >= 11 is 0. The van der Waals surface area contributed by atoms with Crippen LogP contribution in [0.25, 0.3) is 33.3 Å². The Bertz CT molecular complexity index is 1280. The molecule has 0 bridgehead atoms. The first-order chi connectivity index (χ1) is 14.3. The van der Waals surface area contributed by atoms with Crippen molar-refractivity contribution in [1.82, 2.24) is 15.0 Å². The Labute approximate surface area is 167 Å². The van der Waals surface area contributed by atoms with Crippen LogP contribution >= 0.6 is 0 Å². The maximum absolute atomic E-state index is 12.6. The van der Waals surface area contributed by atoms with Gasteiger partial charge in [-0.15, -0.1) is 0 Å². The number of nitrogens with zero attached hydrogens (tertiary/aromatic N) is 1. The summed E-state index contributed by atoms with van der Waals surface area (Å²) in [5, 5.41) is 4.22. The highest BCUT2D eigenvalue weighted by Crippen LogP contribution is 2.28. The molecule has 0 aliphatic carbocycles. The van der Waals surface area contributed by atoms with E-state index in [1.165, 1.54) is 5.39 Å². The highest BCUT2D eigenvalue weighted by Gasteiger charge is 2.12. The van der Waals surface area contributed by atoms with Gasteiger partial charge in [0.25, 0.3) is 0 Å². The van der Waals surface area contributed by atoms with Crippen LogP contribution in [-0.4, -0.2) is 20.9 Å². The van der Waals surface area contributed by atoms with E-state index in [2.05, 4.69) is 26.3 Å². The van der Waals surface area contributed by atoms with Crippen LogP contribution < -0.4 is 5.32 Å². The first-order valence-electron chi connectivity index (χ1n) is 9.67. The number of rotatable bonds is 5. The van der Waals surface area contributed by atoms with Crippen molar-refractivity contribution in [2.24, 2.45) is 0 Å². The van der Waals surface area contributed by atoms with Gasteiger partial charge in [-0.3, -0.25) is 4.79 Å². The molecule has 29 heavy (non-hydrogen) atoms. The summed E-state index contributed by atoms with van der Waals surface area (Å²) in [6.45, 7) is 0. The van der Waals surface area contributed by atoms with Gasteiger partial charge in [0, 0.05) is 29.1 Å². The van der Waals surface area contributed by atoms with Crippen LogP contribution in [0.4, 0.5) is 5.69 Å². The number of aromatic nitrogens is 3. The molecule has 1 amide bonds. The average Bonchev–Trinajstić information content (AvgIpc) is 3.37. The summed E-state index contributed by atoms with van der Waals surface area (Å²) in [7, 11) is 0. The maximum atomic E-state index is 12.6. The van der Waals surface area contributed by atoms with Crippen molar-refractivity contribution in [2.45, 2.75) is 12.8 Å². The molecule has 0 aliphatic heterocycles. The Morgan fingerprint density at radius 2 is 1.66 bits per heavy atom. The third kappa shape index (κ3) is 3.38. The number of imidazole rings is 1. The molecule has 0 saturated carbocycles. The Balaban J connectivity index is 1.34. The molecule has 0 aliphatic rings. The number of H-pyrrole nitrogens is 2. The number of aryl methyl sites for hydroxylation is 1. The number of hydrogen-bond donors (Lipinski definition) is 3. The SMILES string of the molecule is O=C(CCc1c[nH]c2ccccc12)Nc1ccccc1-c1nc2ccccc2[nH]1. The molecule has 0 fully saturated rings. The van der Waals surface area contributed by atoms with Crippen LogP contribution in [0.1, 0.15) is 12.0 Å². The van der Waals surface area contributed by atoms with Crippen LogP contribution in [0.2, 0.25) is 0 Å². The molecule has 3 aromatic carbocycles. The van der Waals surface area contributed by atoms with Gasteiger partial charge >= 0.3 is 0 Å². The van der Waals surface area contributed by atoms with Gasteiger partial charge in [-0.1, -0.05) is 42.5 Å². The number of para-hydroxylation sites is 4. The molecule has 2 heterocycles. The van der Waals surface area contributed by atoms with Gasteiger partial charge in [0.15, 0.2) is 0 Å². The predicted octanol–water partition coefficient (Wildman–Crippen LogP) is 5.28. The number of aromatic amines is 2. The van der Waals surface area contributed by atoms with E-state index in [4.69, 9.17) is 0 Å². The Kier molecular flexibility index (Phi) is 4.33. The molecule has 5 nitrogen and oxygen atoms in total. The minimum absolute atomic E-state index is 0.0150. The lowest BCUT2D eigenvalue weighted by atomic mass is 10.1. The third-order valence-electron chi connectivity index (χ3n) is 5.14. The normalized spacial score (nSPS) is 11.2. The Hall–Kier alpha value is -3.86. The van der Waals surface area contributed by atoms with E-state index in [0.29, 0.717) is 12.8 Å². The first-order valence-corrected chi connectivity index (χ1v) is 9.67. The fourth-order valence-electron chi connectivity index (χ4n) is 3.68. The van der Waals surface area contributed by atoms with Crippen LogP contribution in [0, 0.1) is 0 Å². The van der Waals surface area contributed by atoms with Gasteiger partial charge in [-0.05, 0) is 42.3 Å². The van der Waals surface area contributed by atoms with Gasteiger partial charge in [0.2, 0.25) is 5.91 Å². The summed E-state index contributed by atoms with van der Waals surface area (Å²) < 4.78 is 0. The average molecular weight is 380 g/mol. The number of anilines is 1. The van der Waals surface area contributed by atoms with E-state index in [0.717, 1.165) is 39.2 Å². The first kappa shape index (κ1) is 17.3. The summed E-state index contributed by atoms with van der Waals surface area (Å²) in [5.41, 5.74) is 5.77. The molecule has 0 unspecified atom stereocenters. The number of benzene rings is 3. The number of hydrogen-bond acceptors (Lipinski definition) is 2. The van der Waals surface area contributed by atoms with Gasteiger partial charge in [0.1, 0.15) is 5.82 Å². The fraction of sp³-hybridized carbons (Fsp3) is 0.0833. The molecule has 5 aromatic rings. The van der Waals surface area contributed by atoms with E-state index in [1.54, 1.807) is 0 Å². The summed E-state index contributed by atoms with van der Waals surface area (Å²) in [4.78, 5) is 23.9. The predicted molar refractivity (Wildman–Crippen MR) is 117 cm³/mol. The minimum atomic E-state index is -0.0150. The molecule has 142 valence electrons. The smallest absolute Gasteiger partial charge is 0.224 e. The molecule has 0 atom stereocenters. The molecular formula is C24H20N4O. The number of nitrogens with one attached hydrogen (secondary N) is 3. The second-order valence-corrected chi connectivity index (χ2v) is 7.06. The summed E-state index contributed by atoms with van der Waals surface area (Å²) in [5.74, 6) is 0.734. The fourth-order valence-corrected chi connectivity index (χ4v) is 3.68. The molecule has 5 heteroatoms. The highest BCUT2D eigenvalue weighted by atomic mass is 16.1. The lowest BCUT2D eigenvalue weighted by molar-refractivity contribution is -0.116. The van der Waals surface area contributed by atoms with Crippen molar-refractivity contribution in [3.05, 3.63) is 84.6 Å². The van der Waals surface area contributed by atoms with Gasteiger partial charge in [0.05, 0.1) is 16.7 Å². The van der Waals surface area contributed by atoms with Crippen LogP contribution in [0.3, 0.4) is 0 Å². The molecule has 0 saturated heterocycles. The van der Waals surface area contributed by atoms with Crippen molar-refractivity contribution in [1.29, 1.82) is 0 Å². The van der Waals surface area contributed by atoms with E-state index >= 15 is 0 Å². The van der Waals surface area contributed by atoms with Crippen molar-refractivity contribution in [3.63, 3.8) is 0 Å². The van der Waals surface area contributed by atoms with E-state index in [9.17, 15) is 4.79 Å². The zero-order chi connectivity index (χ0) is 19.6. The lowest BCUT2D eigenvalue weighted by Gasteiger charge is -2.09. The zero-order valence-corrected chi connectivity index (χ0v) is 15.8. The summed E-state index contributed by atoms with van der Waals surface area (Å²) in [6, 6.07) is 23.8. The molecular weight excluding hydrogens is 360 g/mol. The number of carbonyl (C=O) groups is 1. The molecule has 3 N–H and O–H groups in total. The third-order valence-corrected chi connectivity index (χ3v) is 5.14. The second-order valence-electron chi connectivity index (χ2n) is 7.06. The Morgan fingerprint density at radius 1 is 0.897 bits per heavy atom. The lowest BCUT2D eigenvalue weighted by Crippen LogP contribution is -2.13. The Morgan fingerprint density at radius 3 is 2.55 bits per heavy atom. The second kappa shape index (κ2) is 7.28. The monoisotopic (exact) mass is 380 g/mol. The van der Waals surface area contributed by atoms with Crippen molar-refractivity contribution in [2.75, 3.05) is 5.32 Å². The zero-order valence-electron chi connectivity index (χ0n) is 15.8. The number of amides is 1. The van der Waals surface area contributed by atoms with Gasteiger partial charge in [-0.25, -0.2) is 4.98 Å². The van der Waals surface area contributed by atoms with Crippen LogP contribution in [0.15, 0.2) is 79.0 Å². The standard InChI is InChI=1S/C24H20N4O/c29-23(14-13-16-15-25-19-9-3-1-7-17(16)19)26-20-10-4-2-8-18(20)24-27-21-11-5-6-12-22(21)28-24/h1-12,15,25H,13-14H2,(H,26,29)(H,27,28). The van der Waals surface area contributed by atoms with Crippen LogP contribution in [0.5, 0.6) is 0 Å². The molecule has 2 aromatic heterocycles. The number of fused-ring (bicyclic) bond motifs is 2. The van der Waals surface area contributed by atoms with E-state index in [-0.39, 0.29) is 5.91 Å². The van der Waals surface area contributed by atoms with E-state index in [1.807, 2.05) is 72.9 Å². The van der Waals surface area contributed by atoms with Crippen molar-refractivity contribution >= 4 is 33.5 Å². The molecule has 0 spiro atoms. The number of carbonyl (C=O) groups excluding carboxylic acids is 1. The topological polar surface area (TPSA) is 73.6 Å². The summed E-state index contributed by atoms with van der Waals surface area (Å²) in [6.07, 6.45) is 3.08.